The maximum absolute atomic E-state index is 4.75. The van der Waals surface area contributed by atoms with E-state index in [1.165, 1.54) is 22.4 Å². The van der Waals surface area contributed by atoms with Crippen molar-refractivity contribution in [1.82, 2.24) is 24.7 Å². The summed E-state index contributed by atoms with van der Waals surface area (Å²) in [6.45, 7) is 3.00. The summed E-state index contributed by atoms with van der Waals surface area (Å²) in [5.41, 5.74) is 2.32. The van der Waals surface area contributed by atoms with Crippen molar-refractivity contribution < 1.29 is 0 Å². The van der Waals surface area contributed by atoms with Gasteiger partial charge in [0.25, 0.3) is 0 Å². The van der Waals surface area contributed by atoms with Crippen LogP contribution >= 0.6 is 11.5 Å². The Bertz CT molecular complexity index is 689. The lowest BCUT2D eigenvalue weighted by atomic mass is 10.1. The molecule has 0 amide bonds. The Kier molecular flexibility index (Phi) is 3.75. The molecular weight excluding hydrogens is 270 g/mol. The van der Waals surface area contributed by atoms with Crippen LogP contribution in [0.2, 0.25) is 0 Å². The van der Waals surface area contributed by atoms with Gasteiger partial charge in [-0.25, -0.2) is 0 Å². The van der Waals surface area contributed by atoms with Crippen LogP contribution in [-0.4, -0.2) is 26.4 Å². The molecule has 104 valence electrons. The number of likely N-dealkylation sites (N-methyl/N-ethyl adjacent to an activating group) is 1. The highest BCUT2D eigenvalue weighted by Crippen LogP contribution is 2.25. The Morgan fingerprint density at radius 2 is 2.20 bits per heavy atom. The zero-order valence-electron chi connectivity index (χ0n) is 11.6. The average molecular weight is 287 g/mol. The van der Waals surface area contributed by atoms with Crippen LogP contribution in [0, 0.1) is 0 Å². The molecule has 0 aliphatic heterocycles. The van der Waals surface area contributed by atoms with Crippen LogP contribution in [-0.2, 0) is 13.0 Å². The number of hydrogen-bond acceptors (Lipinski definition) is 5. The number of nitrogens with zero attached hydrogens (tertiary/aromatic N) is 4. The molecule has 0 fully saturated rings. The van der Waals surface area contributed by atoms with Gasteiger partial charge in [0, 0.05) is 18.4 Å². The van der Waals surface area contributed by atoms with Crippen molar-refractivity contribution in [1.29, 1.82) is 0 Å². The molecule has 0 radical (unpaired) electrons. The van der Waals surface area contributed by atoms with Gasteiger partial charge >= 0.3 is 0 Å². The van der Waals surface area contributed by atoms with Crippen molar-refractivity contribution in [3.8, 4) is 0 Å². The lowest BCUT2D eigenvalue weighted by Crippen LogP contribution is -2.18. The van der Waals surface area contributed by atoms with Gasteiger partial charge in [-0.05, 0) is 31.6 Å². The quantitative estimate of drug-likeness (QED) is 0.783. The van der Waals surface area contributed by atoms with Crippen molar-refractivity contribution in [3.05, 3.63) is 41.0 Å². The van der Waals surface area contributed by atoms with Gasteiger partial charge in [-0.15, -0.1) is 5.10 Å². The number of rotatable bonds is 5. The zero-order chi connectivity index (χ0) is 13.9. The first-order valence-electron chi connectivity index (χ1n) is 6.72. The monoisotopic (exact) mass is 287 g/mol. The molecule has 1 atom stereocenters. The van der Waals surface area contributed by atoms with Gasteiger partial charge in [-0.3, -0.25) is 4.68 Å². The molecule has 1 unspecified atom stereocenters. The fraction of sp³-hybridized carbons (Fsp3) is 0.357. The second-order valence-corrected chi connectivity index (χ2v) is 5.46. The number of hydrogen-bond donors (Lipinski definition) is 1. The Morgan fingerprint density at radius 3 is 2.90 bits per heavy atom. The number of benzene rings is 1. The molecule has 2 aromatic heterocycles. The predicted octanol–water partition coefficient (Wildman–Crippen LogP) is 2.41. The first-order chi connectivity index (χ1) is 9.83. The van der Waals surface area contributed by atoms with Crippen LogP contribution in [0.3, 0.4) is 0 Å². The van der Waals surface area contributed by atoms with Crippen LogP contribution in [0.5, 0.6) is 0 Å². The van der Waals surface area contributed by atoms with Crippen molar-refractivity contribution in [2.24, 2.45) is 0 Å². The molecule has 6 heteroatoms. The number of para-hydroxylation sites is 1. The van der Waals surface area contributed by atoms with Crippen molar-refractivity contribution in [3.63, 3.8) is 0 Å². The second-order valence-electron chi connectivity index (χ2n) is 4.64. The Hall–Kier alpha value is -1.79. The fourth-order valence-electron chi connectivity index (χ4n) is 2.45. The standard InChI is InChI=1S/C14H17N5S/c1-3-19-13-7-5-4-6-10(13)11(17-19)8-12(15-2)14-9-16-18-20-14/h4-7,9,12,15H,3,8H2,1-2H3. The van der Waals surface area contributed by atoms with Gasteiger partial charge in [0.15, 0.2) is 0 Å². The fourth-order valence-corrected chi connectivity index (χ4v) is 3.07. The van der Waals surface area contributed by atoms with Crippen LogP contribution < -0.4 is 5.32 Å². The lowest BCUT2D eigenvalue weighted by molar-refractivity contribution is 0.580. The second kappa shape index (κ2) is 5.68. The van der Waals surface area contributed by atoms with Gasteiger partial charge in [0.2, 0.25) is 0 Å². The third-order valence-electron chi connectivity index (χ3n) is 3.50. The largest absolute Gasteiger partial charge is 0.312 e. The highest BCUT2D eigenvalue weighted by atomic mass is 32.1. The van der Waals surface area contributed by atoms with Crippen LogP contribution in [0.4, 0.5) is 0 Å². The number of aromatic nitrogens is 4. The summed E-state index contributed by atoms with van der Waals surface area (Å²) in [6.07, 6.45) is 2.67. The van der Waals surface area contributed by atoms with E-state index in [1.54, 1.807) is 0 Å². The lowest BCUT2D eigenvalue weighted by Gasteiger charge is -2.11. The third-order valence-corrected chi connectivity index (χ3v) is 4.28. The zero-order valence-corrected chi connectivity index (χ0v) is 12.4. The molecule has 3 rings (SSSR count). The van der Waals surface area contributed by atoms with E-state index in [0.717, 1.165) is 23.5 Å². The molecule has 0 spiro atoms. The summed E-state index contributed by atoms with van der Waals surface area (Å²) in [6, 6.07) is 8.59. The highest BCUT2D eigenvalue weighted by molar-refractivity contribution is 7.05. The van der Waals surface area contributed by atoms with E-state index in [0.29, 0.717) is 0 Å². The molecule has 3 aromatic rings. The van der Waals surface area contributed by atoms with E-state index >= 15 is 0 Å². The minimum absolute atomic E-state index is 0.207. The molecule has 0 bridgehead atoms. The van der Waals surface area contributed by atoms with E-state index in [4.69, 9.17) is 5.10 Å². The van der Waals surface area contributed by atoms with Gasteiger partial charge in [0.1, 0.15) is 0 Å². The molecule has 0 aliphatic carbocycles. The van der Waals surface area contributed by atoms with Crippen molar-refractivity contribution in [2.75, 3.05) is 7.05 Å². The summed E-state index contributed by atoms with van der Waals surface area (Å²) in [4.78, 5) is 1.14. The summed E-state index contributed by atoms with van der Waals surface area (Å²) in [5, 5.41) is 13.2. The summed E-state index contributed by atoms with van der Waals surface area (Å²) >= 11 is 1.43. The van der Waals surface area contributed by atoms with Gasteiger partial charge in [0.05, 0.1) is 28.3 Å². The van der Waals surface area contributed by atoms with E-state index < -0.39 is 0 Å². The van der Waals surface area contributed by atoms with Gasteiger partial charge in [-0.2, -0.15) is 5.10 Å². The van der Waals surface area contributed by atoms with E-state index in [-0.39, 0.29) is 6.04 Å². The minimum Gasteiger partial charge on any atom is -0.312 e. The molecule has 1 aromatic carbocycles. The molecule has 1 N–H and O–H groups in total. The maximum Gasteiger partial charge on any atom is 0.0722 e. The minimum atomic E-state index is 0.207. The Balaban J connectivity index is 1.98. The first-order valence-corrected chi connectivity index (χ1v) is 7.49. The average Bonchev–Trinajstić information content (AvgIpc) is 3.13. The predicted molar refractivity (Wildman–Crippen MR) is 80.8 cm³/mol. The summed E-state index contributed by atoms with van der Waals surface area (Å²) < 4.78 is 6.00. The van der Waals surface area contributed by atoms with Crippen molar-refractivity contribution in [2.45, 2.75) is 25.9 Å². The Labute approximate surface area is 121 Å². The number of nitrogens with one attached hydrogen (secondary N) is 1. The van der Waals surface area contributed by atoms with E-state index in [1.807, 2.05) is 13.2 Å². The summed E-state index contributed by atoms with van der Waals surface area (Å²) in [7, 11) is 1.96. The molecule has 5 nitrogen and oxygen atoms in total. The normalized spacial score (nSPS) is 12.9. The van der Waals surface area contributed by atoms with Crippen LogP contribution in [0.1, 0.15) is 23.5 Å². The number of aryl methyl sites for hydroxylation is 1. The third kappa shape index (κ3) is 2.32. The molecule has 0 saturated carbocycles. The van der Waals surface area contributed by atoms with E-state index in [2.05, 4.69) is 50.8 Å². The first kappa shape index (κ1) is 13.2. The molecule has 20 heavy (non-hydrogen) atoms. The molecule has 0 saturated heterocycles. The molecule has 2 heterocycles. The van der Waals surface area contributed by atoms with Crippen LogP contribution in [0.25, 0.3) is 10.9 Å². The number of fused-ring (bicyclic) bond motifs is 1. The maximum atomic E-state index is 4.75. The SMILES string of the molecule is CCn1nc(CC(NC)c2cnns2)c2ccccc21. The van der Waals surface area contributed by atoms with Crippen molar-refractivity contribution >= 4 is 22.4 Å². The van der Waals surface area contributed by atoms with Gasteiger partial charge < -0.3 is 5.32 Å². The topological polar surface area (TPSA) is 55.6 Å². The van der Waals surface area contributed by atoms with Crippen LogP contribution in [0.15, 0.2) is 30.5 Å². The van der Waals surface area contributed by atoms with Gasteiger partial charge in [-0.1, -0.05) is 22.7 Å². The van der Waals surface area contributed by atoms with E-state index in [9.17, 15) is 0 Å². The highest BCUT2D eigenvalue weighted by Gasteiger charge is 2.17. The summed E-state index contributed by atoms with van der Waals surface area (Å²) in [5.74, 6) is 0. The molecule has 0 aliphatic rings. The Morgan fingerprint density at radius 1 is 1.35 bits per heavy atom. The molecular formula is C14H17N5S. The smallest absolute Gasteiger partial charge is 0.0722 e.